The molecule has 0 saturated carbocycles. The van der Waals surface area contributed by atoms with Gasteiger partial charge in [0, 0.05) is 15.6 Å². The van der Waals surface area contributed by atoms with Crippen LogP contribution in [-0.2, 0) is 9.84 Å². The van der Waals surface area contributed by atoms with Gasteiger partial charge in [0.05, 0.1) is 11.8 Å². The van der Waals surface area contributed by atoms with Crippen LogP contribution in [0, 0.1) is 0 Å². The lowest BCUT2D eigenvalue weighted by Crippen LogP contribution is -2.38. The van der Waals surface area contributed by atoms with Crippen molar-refractivity contribution in [3.05, 3.63) is 40.2 Å². The molecular formula is C11H11BrN2O2S2. The maximum atomic E-state index is 11.2. The van der Waals surface area contributed by atoms with E-state index in [1.807, 2.05) is 24.3 Å². The van der Waals surface area contributed by atoms with Crippen LogP contribution < -0.4 is 10.6 Å². The van der Waals surface area contributed by atoms with E-state index >= 15 is 0 Å². The van der Waals surface area contributed by atoms with Crippen LogP contribution in [0.25, 0.3) is 0 Å². The summed E-state index contributed by atoms with van der Waals surface area (Å²) in [7, 11) is -3.06. The van der Waals surface area contributed by atoms with Crippen LogP contribution in [0.3, 0.4) is 0 Å². The first-order valence-corrected chi connectivity index (χ1v) is 8.10. The van der Waals surface area contributed by atoms with Gasteiger partial charge in [-0.05, 0) is 36.5 Å². The standard InChI is InChI=1S/C11H11BrN2O2S2/c12-8-2-1-3-9(6-8)13-11(17)14-10-4-5-18(15,16)7-10/h1-6,10H,7H2,(H2,13,14,17)/t10-/m1/s1. The third-order valence-electron chi connectivity index (χ3n) is 2.33. The monoisotopic (exact) mass is 346 g/mol. The Morgan fingerprint density at radius 1 is 1.44 bits per heavy atom. The highest BCUT2D eigenvalue weighted by molar-refractivity contribution is 9.10. The second-order valence-corrected chi connectivity index (χ2v) is 7.13. The van der Waals surface area contributed by atoms with Crippen LogP contribution >= 0.6 is 28.1 Å². The summed E-state index contributed by atoms with van der Waals surface area (Å²) in [5.74, 6) is 0.0489. The quantitative estimate of drug-likeness (QED) is 0.802. The van der Waals surface area contributed by atoms with Crippen molar-refractivity contribution in [1.29, 1.82) is 0 Å². The van der Waals surface area contributed by atoms with Gasteiger partial charge in [0.25, 0.3) is 0 Å². The summed E-state index contributed by atoms with van der Waals surface area (Å²) in [5.41, 5.74) is 0.840. The molecule has 0 aromatic heterocycles. The molecule has 1 heterocycles. The fraction of sp³-hybridized carbons (Fsp3) is 0.182. The van der Waals surface area contributed by atoms with Crippen molar-refractivity contribution in [3.8, 4) is 0 Å². The van der Waals surface area contributed by atoms with E-state index in [2.05, 4.69) is 26.6 Å². The van der Waals surface area contributed by atoms with E-state index in [0.29, 0.717) is 5.11 Å². The van der Waals surface area contributed by atoms with Crippen LogP contribution in [0.2, 0.25) is 0 Å². The van der Waals surface area contributed by atoms with E-state index in [0.717, 1.165) is 10.2 Å². The van der Waals surface area contributed by atoms with Gasteiger partial charge in [0.1, 0.15) is 0 Å². The minimum atomic E-state index is -3.06. The zero-order valence-corrected chi connectivity index (χ0v) is 12.5. The summed E-state index contributed by atoms with van der Waals surface area (Å²) in [5, 5.41) is 7.56. The SMILES string of the molecule is O=S1(=O)C=C[C@@H](NC(=S)Nc2cccc(Br)c2)C1. The van der Waals surface area contributed by atoms with Crippen molar-refractivity contribution in [2.24, 2.45) is 0 Å². The molecule has 2 N–H and O–H groups in total. The molecule has 0 radical (unpaired) electrons. The third kappa shape index (κ3) is 3.79. The number of rotatable bonds is 2. The highest BCUT2D eigenvalue weighted by Crippen LogP contribution is 2.15. The van der Waals surface area contributed by atoms with Crippen LogP contribution in [-0.4, -0.2) is 25.3 Å². The number of anilines is 1. The van der Waals surface area contributed by atoms with Gasteiger partial charge in [-0.25, -0.2) is 8.42 Å². The molecule has 0 fully saturated rings. The van der Waals surface area contributed by atoms with E-state index in [1.54, 1.807) is 6.08 Å². The van der Waals surface area contributed by atoms with Crippen molar-refractivity contribution in [3.63, 3.8) is 0 Å². The Bertz CT molecular complexity index is 599. The van der Waals surface area contributed by atoms with Crippen LogP contribution in [0.1, 0.15) is 0 Å². The molecule has 2 rings (SSSR count). The molecule has 18 heavy (non-hydrogen) atoms. The molecule has 0 aliphatic carbocycles. The highest BCUT2D eigenvalue weighted by atomic mass is 79.9. The van der Waals surface area contributed by atoms with Gasteiger partial charge in [-0.3, -0.25) is 0 Å². The van der Waals surface area contributed by atoms with Crippen LogP contribution in [0.4, 0.5) is 5.69 Å². The second kappa shape index (κ2) is 5.38. The number of thiocarbonyl (C=S) groups is 1. The normalized spacial score (nSPS) is 20.6. The Balaban J connectivity index is 1.92. The Kier molecular flexibility index (Phi) is 4.04. The summed E-state index contributed by atoms with van der Waals surface area (Å²) < 4.78 is 23.4. The Morgan fingerprint density at radius 2 is 2.22 bits per heavy atom. The number of benzene rings is 1. The fourth-order valence-electron chi connectivity index (χ4n) is 1.57. The van der Waals surface area contributed by atoms with Crippen LogP contribution in [0.15, 0.2) is 40.2 Å². The van der Waals surface area contributed by atoms with Gasteiger partial charge in [-0.15, -0.1) is 0 Å². The smallest absolute Gasteiger partial charge is 0.173 e. The molecule has 96 valence electrons. The topological polar surface area (TPSA) is 58.2 Å². The lowest BCUT2D eigenvalue weighted by Gasteiger charge is -2.14. The van der Waals surface area contributed by atoms with E-state index < -0.39 is 9.84 Å². The van der Waals surface area contributed by atoms with Gasteiger partial charge in [0.15, 0.2) is 14.9 Å². The Hall–Kier alpha value is -0.920. The summed E-state index contributed by atoms with van der Waals surface area (Å²) in [6.45, 7) is 0. The van der Waals surface area contributed by atoms with Crippen LogP contribution in [0.5, 0.6) is 0 Å². The third-order valence-corrected chi connectivity index (χ3v) is 4.44. The molecule has 1 aromatic rings. The van der Waals surface area contributed by atoms with E-state index in [-0.39, 0.29) is 11.8 Å². The van der Waals surface area contributed by atoms with Crippen molar-refractivity contribution in [1.82, 2.24) is 5.32 Å². The Labute approximate surface area is 120 Å². The van der Waals surface area contributed by atoms with Gasteiger partial charge < -0.3 is 10.6 Å². The largest absolute Gasteiger partial charge is 0.355 e. The molecule has 0 unspecified atom stereocenters. The lowest BCUT2D eigenvalue weighted by molar-refractivity contribution is 0.603. The van der Waals surface area contributed by atoms with Gasteiger partial charge >= 0.3 is 0 Å². The average molecular weight is 347 g/mol. The number of hydrogen-bond donors (Lipinski definition) is 2. The number of hydrogen-bond acceptors (Lipinski definition) is 3. The van der Waals surface area contributed by atoms with Crippen molar-refractivity contribution in [2.45, 2.75) is 6.04 Å². The zero-order chi connectivity index (χ0) is 13.2. The first-order chi connectivity index (χ1) is 8.44. The van der Waals surface area contributed by atoms with Crippen molar-refractivity contribution < 1.29 is 8.42 Å². The molecule has 0 spiro atoms. The molecule has 0 saturated heterocycles. The fourth-order valence-corrected chi connectivity index (χ4v) is 3.47. The minimum absolute atomic E-state index is 0.0489. The molecule has 1 aliphatic rings. The summed E-state index contributed by atoms with van der Waals surface area (Å²) in [4.78, 5) is 0. The van der Waals surface area contributed by atoms with Gasteiger partial charge in [0.2, 0.25) is 0 Å². The molecular weight excluding hydrogens is 336 g/mol. The number of nitrogens with one attached hydrogen (secondary N) is 2. The summed E-state index contributed by atoms with van der Waals surface area (Å²) in [6.07, 6.45) is 1.60. The summed E-state index contributed by atoms with van der Waals surface area (Å²) in [6, 6.07) is 7.29. The van der Waals surface area contributed by atoms with Crippen molar-refractivity contribution in [2.75, 3.05) is 11.1 Å². The van der Waals surface area contributed by atoms with E-state index in [4.69, 9.17) is 12.2 Å². The first kappa shape index (κ1) is 13.5. The molecule has 4 nitrogen and oxygen atoms in total. The van der Waals surface area contributed by atoms with Gasteiger partial charge in [-0.2, -0.15) is 0 Å². The molecule has 0 amide bonds. The van der Waals surface area contributed by atoms with Crippen molar-refractivity contribution >= 4 is 48.8 Å². The Morgan fingerprint density at radius 3 is 2.83 bits per heavy atom. The first-order valence-electron chi connectivity index (χ1n) is 5.19. The number of halogens is 1. The molecule has 1 aromatic carbocycles. The zero-order valence-electron chi connectivity index (χ0n) is 9.26. The minimum Gasteiger partial charge on any atom is -0.355 e. The molecule has 1 aliphatic heterocycles. The maximum Gasteiger partial charge on any atom is 0.173 e. The highest BCUT2D eigenvalue weighted by Gasteiger charge is 2.21. The molecule has 7 heteroatoms. The second-order valence-electron chi connectivity index (χ2n) is 3.87. The predicted molar refractivity (Wildman–Crippen MR) is 80.2 cm³/mol. The maximum absolute atomic E-state index is 11.2. The number of sulfone groups is 1. The molecule has 0 bridgehead atoms. The predicted octanol–water partition coefficient (Wildman–Crippen LogP) is 2.05. The van der Waals surface area contributed by atoms with Gasteiger partial charge in [-0.1, -0.05) is 22.0 Å². The molecule has 1 atom stereocenters. The summed E-state index contributed by atoms with van der Waals surface area (Å²) >= 11 is 8.49. The average Bonchev–Trinajstić information content (AvgIpc) is 2.57. The van der Waals surface area contributed by atoms with E-state index in [9.17, 15) is 8.42 Å². The lowest BCUT2D eigenvalue weighted by atomic mass is 10.3. The van der Waals surface area contributed by atoms with E-state index in [1.165, 1.54) is 5.41 Å².